The van der Waals surface area contributed by atoms with Gasteiger partial charge in [-0.2, -0.15) is 26.3 Å². The molecule has 2 atom stereocenters. The molecule has 14 nitrogen and oxygen atoms in total. The van der Waals surface area contributed by atoms with Crippen LogP contribution in [-0.2, 0) is 18.8 Å². The van der Waals surface area contributed by atoms with E-state index in [4.69, 9.17) is 35.4 Å². The minimum atomic E-state index is -4.21. The van der Waals surface area contributed by atoms with Gasteiger partial charge in [0.05, 0.1) is 43.3 Å². The summed E-state index contributed by atoms with van der Waals surface area (Å²) < 4.78 is 99.3. The molecule has 22 heteroatoms. The van der Waals surface area contributed by atoms with Gasteiger partial charge >= 0.3 is 31.5 Å². The lowest BCUT2D eigenvalue weighted by molar-refractivity contribution is -0.144. The average Bonchev–Trinajstić information content (AvgIpc) is 3.68. The van der Waals surface area contributed by atoms with E-state index in [0.717, 1.165) is 103 Å². The molecule has 4 aromatic rings. The minimum absolute atomic E-state index is 0.102. The first-order chi connectivity index (χ1) is 40.8. The molecule has 5 aliphatic heterocycles. The van der Waals surface area contributed by atoms with Crippen LogP contribution >= 0.6 is 11.6 Å². The lowest BCUT2D eigenvalue weighted by atomic mass is 9.73. The van der Waals surface area contributed by atoms with E-state index in [2.05, 4.69) is 77.4 Å². The maximum Gasteiger partial charge on any atom is 0.490 e. The van der Waals surface area contributed by atoms with E-state index in [0.29, 0.717) is 68.9 Å². The molecule has 2 N–H and O–H groups in total. The molecule has 86 heavy (non-hydrogen) atoms. The van der Waals surface area contributed by atoms with Gasteiger partial charge in [-0.25, -0.2) is 19.6 Å². The van der Waals surface area contributed by atoms with Crippen LogP contribution in [0.15, 0.2) is 78.3 Å². The van der Waals surface area contributed by atoms with Crippen molar-refractivity contribution in [2.24, 2.45) is 11.8 Å². The Morgan fingerprint density at radius 3 is 1.53 bits per heavy atom. The Bertz CT molecular complexity index is 3060. The number of alkyl halides is 6. The van der Waals surface area contributed by atoms with E-state index >= 15 is 0 Å². The minimum Gasteiger partial charge on any atom is -0.400 e. The van der Waals surface area contributed by atoms with Crippen molar-refractivity contribution in [3.63, 3.8) is 0 Å². The maximum atomic E-state index is 12.9. The molecule has 0 radical (unpaired) electrons. The molecule has 466 valence electrons. The number of halogens is 7. The van der Waals surface area contributed by atoms with Crippen molar-refractivity contribution < 1.29 is 54.7 Å². The summed E-state index contributed by atoms with van der Waals surface area (Å²) in [6, 6.07) is 18.5. The lowest BCUT2D eigenvalue weighted by Gasteiger charge is -2.32. The highest BCUT2D eigenvalue weighted by Gasteiger charge is 2.52. The summed E-state index contributed by atoms with van der Waals surface area (Å²) in [6.45, 7) is 18.9. The van der Waals surface area contributed by atoms with Crippen LogP contribution < -0.4 is 20.4 Å². The summed E-state index contributed by atoms with van der Waals surface area (Å²) in [7, 11) is -0.102. The number of allylic oxidation sites excluding steroid dienone is 4. The Morgan fingerprint density at radius 2 is 1.08 bits per heavy atom. The smallest absolute Gasteiger partial charge is 0.400 e. The van der Waals surface area contributed by atoms with Crippen molar-refractivity contribution in [2.75, 3.05) is 99.2 Å². The number of rotatable bonds is 10. The number of pyridine rings is 2. The molecule has 7 aliphatic rings. The van der Waals surface area contributed by atoms with E-state index in [1.165, 1.54) is 46.5 Å². The van der Waals surface area contributed by atoms with Crippen LogP contribution in [0, 0.1) is 25.7 Å². The largest absolute Gasteiger partial charge is 0.490 e. The van der Waals surface area contributed by atoms with Gasteiger partial charge < -0.3 is 49.0 Å². The first kappa shape index (κ1) is 64.6. The van der Waals surface area contributed by atoms with E-state index < -0.39 is 43.1 Å². The van der Waals surface area contributed by atoms with Crippen molar-refractivity contribution in [1.82, 2.24) is 19.8 Å². The van der Waals surface area contributed by atoms with Crippen molar-refractivity contribution in [1.29, 1.82) is 0 Å². The second-order valence-corrected chi connectivity index (χ2v) is 25.1. The Kier molecular flexibility index (Phi) is 21.1. The van der Waals surface area contributed by atoms with Gasteiger partial charge in [0.2, 0.25) is 0 Å². The van der Waals surface area contributed by atoms with Gasteiger partial charge in [0.1, 0.15) is 16.8 Å². The van der Waals surface area contributed by atoms with Crippen LogP contribution in [0.5, 0.6) is 0 Å². The number of likely N-dealkylation sites (tertiary alicyclic amines) is 2. The number of morpholine rings is 2. The quantitative estimate of drug-likeness (QED) is 0.0898. The molecular weight excluding hydrogens is 1140 g/mol. The fourth-order valence-electron chi connectivity index (χ4n) is 12.0. The Balaban J connectivity index is 0.000000167. The highest BCUT2D eigenvalue weighted by Crippen LogP contribution is 2.41. The number of benzene rings is 2. The Labute approximate surface area is 507 Å². The number of aromatic nitrogens is 2. The molecule has 2 aliphatic carbocycles. The fraction of sp³-hybridized carbons (Fsp3) is 0.562. The number of nitrogens with zero attached hydrogens (tertiary/aromatic N) is 6. The van der Waals surface area contributed by atoms with Crippen LogP contribution in [0.2, 0.25) is 5.15 Å². The molecule has 0 saturated carbocycles. The van der Waals surface area contributed by atoms with Crippen LogP contribution in [0.1, 0.15) is 122 Å². The number of nitrogens with one attached hydrogen (secondary N) is 2. The number of aryl methyl sites for hydroxylation is 2. The number of carbonyl (C=O) groups is 2. The van der Waals surface area contributed by atoms with Crippen LogP contribution in [-0.4, -0.2) is 141 Å². The average molecular weight is 1220 g/mol. The first-order valence-electron chi connectivity index (χ1n) is 30.4. The standard InChI is InChI=1S/C29H35F3N4O2.C23H26ClF3N4O2.C12H21BO2/c1-20-7-8-24(33-28(37)36-10-9-21(19-36)18-29(30,31)32)17-25(20)23-15-26(22-5-3-2-4-6-22)34-27(16-23)35-11-13-38-14-12-35;1-15-2-3-18(28-22(32)31-5-4-16(14-31)13-23(25,26)27)12-19(15)17-10-20(24)29-21(11-17)30-6-8-33-9-7-30;1-11(2)12(3,4)15-13(14-11)10-8-6-5-7-9-10/h5,7-8,15-17,21H,2-4,6,9-14,18-19H2,1H3,(H,33,37);2-3,10-12,16H,4-9,13-14H2,1H3,(H,28,32);8H,5-7,9H2,1-4H3/t21-;16-;/m00./s1. The highest BCUT2D eigenvalue weighted by atomic mass is 35.5. The van der Waals surface area contributed by atoms with Crippen LogP contribution in [0.3, 0.4) is 0 Å². The molecule has 2 aromatic carbocycles. The summed E-state index contributed by atoms with van der Waals surface area (Å²) in [6.07, 6.45) is 4.52. The zero-order valence-corrected chi connectivity index (χ0v) is 51.2. The van der Waals surface area contributed by atoms with Gasteiger partial charge in [-0.3, -0.25) is 0 Å². The zero-order chi connectivity index (χ0) is 61.4. The van der Waals surface area contributed by atoms with Gasteiger partial charge in [0.15, 0.2) is 0 Å². The van der Waals surface area contributed by atoms with Gasteiger partial charge in [0, 0.05) is 76.6 Å². The molecule has 5 saturated heterocycles. The van der Waals surface area contributed by atoms with Crippen molar-refractivity contribution in [3.05, 3.63) is 100 Å². The number of carbonyl (C=O) groups excluding carboxylic acids is 2. The SMILES string of the molecule is CC1(C)OB(C2=CCCCC2)OC1(C)C.Cc1ccc(NC(=O)N2CC[C@@H](CC(F)(F)F)C2)cc1-c1cc(C2=CCCCC2)nc(N2CCOCC2)c1.Cc1ccc(NC(=O)N2CC[C@@H](CC(F)(F)F)C2)cc1-c1cc(Cl)nc(N2CCOCC2)c1. The zero-order valence-electron chi connectivity index (χ0n) is 50.4. The lowest BCUT2D eigenvalue weighted by Crippen LogP contribution is -2.41. The topological polar surface area (TPSA) is 134 Å². The van der Waals surface area contributed by atoms with Crippen molar-refractivity contribution in [3.8, 4) is 22.3 Å². The Morgan fingerprint density at radius 1 is 0.616 bits per heavy atom. The first-order valence-corrected chi connectivity index (χ1v) is 30.8. The monoisotopic (exact) mass is 1220 g/mol. The number of hydrogen-bond acceptors (Lipinski definition) is 10. The van der Waals surface area contributed by atoms with E-state index in [1.54, 1.807) is 12.1 Å². The third kappa shape index (κ3) is 17.5. The number of urea groups is 2. The molecule has 4 amide bonds. The van der Waals surface area contributed by atoms with Crippen LogP contribution in [0.4, 0.5) is 58.9 Å². The molecule has 11 rings (SSSR count). The summed E-state index contributed by atoms with van der Waals surface area (Å²) in [5, 5.41) is 6.11. The molecule has 7 heterocycles. The van der Waals surface area contributed by atoms with E-state index in [1.807, 2.05) is 50.2 Å². The predicted octanol–water partition coefficient (Wildman–Crippen LogP) is 15.1. The molecule has 0 unspecified atom stereocenters. The number of ether oxygens (including phenoxy) is 2. The molecular formula is C64H82BClF6N8O6. The van der Waals surface area contributed by atoms with E-state index in [9.17, 15) is 35.9 Å². The molecule has 0 bridgehead atoms. The molecule has 2 aromatic heterocycles. The summed E-state index contributed by atoms with van der Waals surface area (Å²) in [5.74, 6) is 0.593. The normalized spacial score (nSPS) is 21.4. The number of amides is 4. The second-order valence-electron chi connectivity index (χ2n) is 24.7. The third-order valence-corrected chi connectivity index (χ3v) is 17.7. The number of anilines is 4. The maximum absolute atomic E-state index is 12.9. The van der Waals surface area contributed by atoms with Crippen LogP contribution in [0.25, 0.3) is 27.8 Å². The summed E-state index contributed by atoms with van der Waals surface area (Å²) >= 11 is 6.32. The predicted molar refractivity (Wildman–Crippen MR) is 328 cm³/mol. The highest BCUT2D eigenvalue weighted by molar-refractivity contribution is 6.54. The summed E-state index contributed by atoms with van der Waals surface area (Å²) in [4.78, 5) is 42.3. The van der Waals surface area contributed by atoms with E-state index in [-0.39, 0.29) is 37.4 Å². The molecule has 5 fully saturated rings. The van der Waals surface area contributed by atoms with Crippen molar-refractivity contribution in [2.45, 2.75) is 142 Å². The fourth-order valence-corrected chi connectivity index (χ4v) is 12.2. The van der Waals surface area contributed by atoms with Gasteiger partial charge in [-0.15, -0.1) is 0 Å². The Hall–Kier alpha value is -5.87. The second kappa shape index (κ2) is 28.1. The van der Waals surface area contributed by atoms with Crippen molar-refractivity contribution >= 4 is 59.4 Å². The number of hydrogen-bond donors (Lipinski definition) is 2. The van der Waals surface area contributed by atoms with Gasteiger partial charge in [0.25, 0.3) is 0 Å². The molecule has 0 spiro atoms. The summed E-state index contributed by atoms with van der Waals surface area (Å²) in [5.41, 5.74) is 10.3. The van der Waals surface area contributed by atoms with Gasteiger partial charge in [-0.1, -0.05) is 35.9 Å². The van der Waals surface area contributed by atoms with Gasteiger partial charge in [-0.05, 0) is 211 Å². The third-order valence-electron chi connectivity index (χ3n) is 17.6.